The second-order valence-electron chi connectivity index (χ2n) is 21.4. The molecule has 25 heteroatoms. The van der Waals surface area contributed by atoms with Gasteiger partial charge < -0.3 is 41.3 Å². The van der Waals surface area contributed by atoms with Gasteiger partial charge in [-0.3, -0.25) is 14.9 Å². The first-order valence-electron chi connectivity index (χ1n) is 29.8. The summed E-state index contributed by atoms with van der Waals surface area (Å²) in [6.45, 7) is 6.40. The molecule has 10 rings (SSSR count). The van der Waals surface area contributed by atoms with E-state index in [9.17, 15) is 50.6 Å². The van der Waals surface area contributed by atoms with E-state index in [0.29, 0.717) is 48.0 Å². The molecule has 1 aliphatic rings. The minimum absolute atomic E-state index is 0. The second kappa shape index (κ2) is 33.9. The fourth-order valence-corrected chi connectivity index (χ4v) is 10.7. The van der Waals surface area contributed by atoms with Crippen molar-refractivity contribution in [1.29, 1.82) is 0 Å². The summed E-state index contributed by atoms with van der Waals surface area (Å²) in [4.78, 5) is 64.5. The highest BCUT2D eigenvalue weighted by atomic mass is 32.1. The summed E-state index contributed by atoms with van der Waals surface area (Å²) in [5, 5.41) is 33.6. The van der Waals surface area contributed by atoms with Crippen LogP contribution in [0, 0.1) is 0 Å². The largest absolute Gasteiger partial charge is 0.462 e. The van der Waals surface area contributed by atoms with E-state index in [-0.39, 0.29) is 57.2 Å². The van der Waals surface area contributed by atoms with Gasteiger partial charge in [-0.25, -0.2) is 29.2 Å². The normalized spacial score (nSPS) is 13.1. The molecule has 4 amide bonds. The zero-order chi connectivity index (χ0) is 66.2. The second-order valence-corrected chi connectivity index (χ2v) is 22.3. The highest BCUT2D eigenvalue weighted by Gasteiger charge is 2.37. The summed E-state index contributed by atoms with van der Waals surface area (Å²) in [5.74, 6) is 0.00229. The van der Waals surface area contributed by atoms with Gasteiger partial charge in [0.1, 0.15) is 23.0 Å². The van der Waals surface area contributed by atoms with Gasteiger partial charge in [0, 0.05) is 60.0 Å². The SMILES string of the molecule is CC(=O)Nc1nc(C(CCN2CCC(c3ccccc3)CC2)C(=O)NCc2cc(C(F)(F)F)cc(C(F)(F)F)c2)cs1.CCOC(=O)c1cnn(CC(O)c2ccccc2)c1NC(=O)Nc1ccccc1.[HH].[HH].[HH].[HH].[HH].[HH].[HH].c1ccc(NCc2ccc(CNc3ccccn3)cc2)nc1. The standard InChI is InChI=1S/C29H30F6N4O2S.C21H22N4O4.C18H18N4.7H2/c1-18(40)37-27-38-25(17-42-27)24(9-12-39-10-7-21(8-11-39)20-5-3-2-4-6-20)26(41)36-16-19-13-22(28(30,31)32)15-23(14-19)29(33,34)35;1-2-29-20(27)17-13-22-25(14-18(26)15-9-5-3-6-10-15)19(17)24-21(28)23-16-11-7-4-8-12-16;1-3-11-19-17(5-1)21-13-15-7-9-16(10-8-15)14-22-18-6-2-4-12-20-18;;;;;;;/h2-6,13-15,17,21,24H,7-12,16H2,1H3,(H,36,41)(H,37,38,40);3-13,18,26H,2,14H2,1H3,(H2,23,24,28);1-12H,13-14H2,(H,19,21)(H,20,22);7*1H. The van der Waals surface area contributed by atoms with E-state index in [1.54, 1.807) is 61.1 Å². The van der Waals surface area contributed by atoms with Crippen LogP contribution in [-0.2, 0) is 52.9 Å². The van der Waals surface area contributed by atoms with Gasteiger partial charge in [0.25, 0.3) is 0 Å². The zero-order valence-electron chi connectivity index (χ0n) is 50.8. The number of piperidine rings is 1. The monoisotopic (exact) mass is 1310 g/mol. The maximum atomic E-state index is 13.3. The lowest BCUT2D eigenvalue weighted by atomic mass is 9.89. The Labute approximate surface area is 548 Å². The molecule has 0 saturated carbocycles. The first kappa shape index (κ1) is 68.9. The number of aliphatic hydroxyl groups excluding tert-OH is 1. The number of aromatic nitrogens is 5. The number of aliphatic hydroxyl groups is 1. The van der Waals surface area contributed by atoms with Crippen LogP contribution in [0.3, 0.4) is 0 Å². The molecule has 0 spiro atoms. The summed E-state index contributed by atoms with van der Waals surface area (Å²) in [6, 6.07) is 49.1. The predicted octanol–water partition coefficient (Wildman–Crippen LogP) is 15.7. The summed E-state index contributed by atoms with van der Waals surface area (Å²) in [6.07, 6.45) is -3.75. The number of likely N-dealkylation sites (tertiary alicyclic amines) is 1. The Hall–Kier alpha value is -9.98. The summed E-state index contributed by atoms with van der Waals surface area (Å²) >= 11 is 1.12. The third-order valence-corrected chi connectivity index (χ3v) is 15.4. The topological polar surface area (TPSA) is 230 Å². The number of urea groups is 1. The van der Waals surface area contributed by atoms with Crippen LogP contribution in [0.5, 0.6) is 0 Å². The third-order valence-electron chi connectivity index (χ3n) is 14.6. The molecule has 5 aromatic carbocycles. The first-order valence-corrected chi connectivity index (χ1v) is 30.7. The summed E-state index contributed by atoms with van der Waals surface area (Å²) in [7, 11) is 0. The van der Waals surface area contributed by atoms with Crippen molar-refractivity contribution in [3.05, 3.63) is 244 Å². The van der Waals surface area contributed by atoms with Crippen LogP contribution in [0.2, 0.25) is 0 Å². The minimum atomic E-state index is -4.99. The summed E-state index contributed by atoms with van der Waals surface area (Å²) < 4.78 is 86.1. The number of para-hydroxylation sites is 1. The maximum absolute atomic E-state index is 13.3. The van der Waals surface area contributed by atoms with Gasteiger partial charge in [-0.05, 0) is 134 Å². The molecule has 9 aromatic rings. The Morgan fingerprint density at radius 1 is 0.688 bits per heavy atom. The molecule has 500 valence electrons. The first-order chi connectivity index (χ1) is 44.8. The molecule has 93 heavy (non-hydrogen) atoms. The van der Waals surface area contributed by atoms with E-state index in [2.05, 4.69) is 93.2 Å². The molecule has 1 aliphatic heterocycles. The van der Waals surface area contributed by atoms with E-state index in [1.165, 1.54) is 34.5 Å². The van der Waals surface area contributed by atoms with Crippen molar-refractivity contribution in [2.24, 2.45) is 0 Å². The molecule has 0 aliphatic carbocycles. The van der Waals surface area contributed by atoms with Crippen LogP contribution in [0.25, 0.3) is 0 Å². The predicted molar refractivity (Wildman–Crippen MR) is 360 cm³/mol. The van der Waals surface area contributed by atoms with E-state index >= 15 is 0 Å². The molecule has 4 aromatic heterocycles. The molecule has 1 fully saturated rings. The van der Waals surface area contributed by atoms with Crippen LogP contribution in [0.1, 0.15) is 116 Å². The Bertz CT molecular complexity index is 3730. The Morgan fingerprint density at radius 3 is 1.78 bits per heavy atom. The van der Waals surface area contributed by atoms with E-state index in [0.717, 1.165) is 62.0 Å². The van der Waals surface area contributed by atoms with Crippen molar-refractivity contribution in [3.8, 4) is 0 Å². The molecule has 18 nitrogen and oxygen atoms in total. The van der Waals surface area contributed by atoms with Crippen molar-refractivity contribution in [3.63, 3.8) is 0 Å². The van der Waals surface area contributed by atoms with Gasteiger partial charge in [-0.2, -0.15) is 31.4 Å². The van der Waals surface area contributed by atoms with E-state index in [4.69, 9.17) is 4.74 Å². The number of pyridine rings is 2. The van der Waals surface area contributed by atoms with Crippen LogP contribution in [0.15, 0.2) is 194 Å². The number of amides is 4. The number of anilines is 5. The minimum Gasteiger partial charge on any atom is -0.462 e. The van der Waals surface area contributed by atoms with Crippen LogP contribution in [-0.4, -0.2) is 84.8 Å². The lowest BCUT2D eigenvalue weighted by Crippen LogP contribution is -2.36. The van der Waals surface area contributed by atoms with E-state index in [1.807, 2.05) is 78.9 Å². The van der Waals surface area contributed by atoms with Crippen molar-refractivity contribution in [2.75, 3.05) is 52.8 Å². The lowest BCUT2D eigenvalue weighted by molar-refractivity contribution is -0.143. The third kappa shape index (κ3) is 21.9. The van der Waals surface area contributed by atoms with Crippen LogP contribution >= 0.6 is 11.3 Å². The van der Waals surface area contributed by atoms with Gasteiger partial charge in [0.05, 0.1) is 48.2 Å². The Balaban J connectivity index is 0.000000760. The number of carbonyl (C=O) groups excluding carboxylic acids is 4. The van der Waals surface area contributed by atoms with Gasteiger partial charge in [0.15, 0.2) is 5.13 Å². The molecule has 7 N–H and O–H groups in total. The number of halogens is 6. The van der Waals surface area contributed by atoms with E-state index < -0.39 is 60.0 Å². The molecular formula is C68H84F6N12O6S. The number of benzene rings is 5. The number of esters is 1. The lowest BCUT2D eigenvalue weighted by Gasteiger charge is -2.32. The fraction of sp³-hybridized carbons (Fsp3) is 0.265. The summed E-state index contributed by atoms with van der Waals surface area (Å²) in [5.41, 5.74) is 2.27. The number of rotatable bonds is 22. The van der Waals surface area contributed by atoms with Crippen LogP contribution < -0.4 is 31.9 Å². The van der Waals surface area contributed by atoms with Crippen molar-refractivity contribution >= 4 is 63.4 Å². The number of thiazole rings is 1. The average molecular weight is 1310 g/mol. The van der Waals surface area contributed by atoms with Crippen molar-refractivity contribution in [2.45, 2.75) is 89.6 Å². The van der Waals surface area contributed by atoms with Gasteiger partial charge >= 0.3 is 24.4 Å². The molecule has 0 radical (unpaired) electrons. The fourth-order valence-electron chi connectivity index (χ4n) is 9.87. The number of hydrogen-bond donors (Lipinski definition) is 7. The molecule has 1 saturated heterocycles. The molecule has 5 heterocycles. The van der Waals surface area contributed by atoms with Gasteiger partial charge in [-0.15, -0.1) is 11.3 Å². The molecule has 2 atom stereocenters. The van der Waals surface area contributed by atoms with Crippen LogP contribution in [0.4, 0.5) is 59.4 Å². The number of hydrogen-bond acceptors (Lipinski definition) is 14. The number of alkyl halides is 6. The average Bonchev–Trinajstić information content (AvgIpc) is 1.28. The molecule has 2 unspecified atom stereocenters. The maximum Gasteiger partial charge on any atom is 0.416 e. The zero-order valence-corrected chi connectivity index (χ0v) is 51.6. The molecular weight excluding hydrogens is 1230 g/mol. The molecule has 0 bridgehead atoms. The number of nitrogens with one attached hydrogen (secondary N) is 6. The van der Waals surface area contributed by atoms with Gasteiger partial charge in [-0.1, -0.05) is 115 Å². The van der Waals surface area contributed by atoms with Crippen molar-refractivity contribution < 1.29 is 65.4 Å². The smallest absolute Gasteiger partial charge is 0.416 e. The number of carbonyl (C=O) groups is 4. The number of ether oxygens (including phenoxy) is 1. The Kier molecular flexibility index (Phi) is 25.1. The highest BCUT2D eigenvalue weighted by molar-refractivity contribution is 7.14. The van der Waals surface area contributed by atoms with Gasteiger partial charge in [0.2, 0.25) is 11.8 Å². The quantitative estimate of drug-likeness (QED) is 0.0248. The van der Waals surface area contributed by atoms with Crippen molar-refractivity contribution in [1.82, 2.24) is 34.9 Å². The highest BCUT2D eigenvalue weighted by Crippen LogP contribution is 2.37. The number of nitrogens with zero attached hydrogens (tertiary/aromatic N) is 6. The Morgan fingerprint density at radius 2 is 1.25 bits per heavy atom.